The third-order valence-corrected chi connectivity index (χ3v) is 3.75. The lowest BCUT2D eigenvalue weighted by atomic mass is 10.0. The Balaban J connectivity index is 2.28. The molecule has 0 amide bonds. The Hall–Kier alpha value is -1.10. The van der Waals surface area contributed by atoms with Crippen LogP contribution in [0.3, 0.4) is 0 Å². The summed E-state index contributed by atoms with van der Waals surface area (Å²) in [6.07, 6.45) is -0.436. The van der Waals surface area contributed by atoms with Crippen molar-refractivity contribution in [1.29, 1.82) is 0 Å². The van der Waals surface area contributed by atoms with Gasteiger partial charge in [-0.25, -0.2) is 4.39 Å². The van der Waals surface area contributed by atoms with Crippen LogP contribution < -0.4 is 4.74 Å². The molecule has 0 aromatic heterocycles. The van der Waals surface area contributed by atoms with Crippen molar-refractivity contribution in [3.8, 4) is 5.75 Å². The monoisotopic (exact) mass is 358 g/mol. The number of hydrogen-bond donors (Lipinski definition) is 1. The zero-order valence-electron chi connectivity index (χ0n) is 10.7. The molecule has 0 fully saturated rings. The summed E-state index contributed by atoms with van der Waals surface area (Å²) in [5.74, 6) is 0.246. The van der Waals surface area contributed by atoms with Gasteiger partial charge in [0.05, 0.1) is 17.7 Å². The molecule has 2 rings (SSSR count). The highest BCUT2D eigenvalue weighted by atomic mass is 79.9. The van der Waals surface area contributed by atoms with E-state index in [1.807, 2.05) is 0 Å². The largest absolute Gasteiger partial charge is 0.495 e. The maximum absolute atomic E-state index is 12.9. The van der Waals surface area contributed by atoms with Gasteiger partial charge in [-0.1, -0.05) is 23.7 Å². The molecule has 0 saturated heterocycles. The molecule has 0 radical (unpaired) electrons. The van der Waals surface area contributed by atoms with Crippen LogP contribution in [0.2, 0.25) is 5.02 Å². The molecular formula is C15H13BrClFO2. The van der Waals surface area contributed by atoms with Crippen molar-refractivity contribution in [2.75, 3.05) is 7.11 Å². The van der Waals surface area contributed by atoms with Gasteiger partial charge in [0.25, 0.3) is 0 Å². The molecule has 0 aliphatic rings. The number of methoxy groups -OCH3 is 1. The molecule has 0 heterocycles. The third kappa shape index (κ3) is 3.51. The van der Waals surface area contributed by atoms with Crippen LogP contribution in [0.4, 0.5) is 4.39 Å². The normalized spacial score (nSPS) is 12.2. The van der Waals surface area contributed by atoms with Crippen molar-refractivity contribution in [3.63, 3.8) is 0 Å². The first-order chi connectivity index (χ1) is 9.51. The van der Waals surface area contributed by atoms with Gasteiger partial charge in [-0.15, -0.1) is 0 Å². The second-order valence-electron chi connectivity index (χ2n) is 4.36. The number of rotatable bonds is 4. The Morgan fingerprint density at radius 3 is 2.55 bits per heavy atom. The zero-order valence-corrected chi connectivity index (χ0v) is 13.1. The van der Waals surface area contributed by atoms with E-state index in [0.717, 1.165) is 5.56 Å². The number of aliphatic hydroxyl groups is 1. The van der Waals surface area contributed by atoms with Crippen LogP contribution in [0, 0.1) is 5.82 Å². The summed E-state index contributed by atoms with van der Waals surface area (Å²) in [6.45, 7) is 0. The van der Waals surface area contributed by atoms with Crippen molar-refractivity contribution in [1.82, 2.24) is 0 Å². The molecule has 2 nitrogen and oxygen atoms in total. The first-order valence-corrected chi connectivity index (χ1v) is 7.14. The minimum Gasteiger partial charge on any atom is -0.495 e. The second kappa shape index (κ2) is 6.57. The SMILES string of the molecule is COc1c(Br)cc(Cl)cc1C(O)Cc1ccc(F)cc1. The van der Waals surface area contributed by atoms with Crippen molar-refractivity contribution in [2.24, 2.45) is 0 Å². The van der Waals surface area contributed by atoms with E-state index in [9.17, 15) is 9.50 Å². The summed E-state index contributed by atoms with van der Waals surface area (Å²) in [4.78, 5) is 0. The Kier molecular flexibility index (Phi) is 5.02. The highest BCUT2D eigenvalue weighted by Gasteiger charge is 2.17. The van der Waals surface area contributed by atoms with Crippen LogP contribution in [-0.2, 0) is 6.42 Å². The lowest BCUT2D eigenvalue weighted by Gasteiger charge is -2.16. The molecular weight excluding hydrogens is 347 g/mol. The van der Waals surface area contributed by atoms with E-state index < -0.39 is 6.10 Å². The maximum Gasteiger partial charge on any atom is 0.138 e. The van der Waals surface area contributed by atoms with Crippen LogP contribution in [0.15, 0.2) is 40.9 Å². The lowest BCUT2D eigenvalue weighted by Crippen LogP contribution is -2.05. The molecule has 0 bridgehead atoms. The lowest BCUT2D eigenvalue weighted by molar-refractivity contribution is 0.174. The number of hydrogen-bond acceptors (Lipinski definition) is 2. The smallest absolute Gasteiger partial charge is 0.138 e. The van der Waals surface area contributed by atoms with E-state index >= 15 is 0 Å². The molecule has 0 spiro atoms. The first-order valence-electron chi connectivity index (χ1n) is 5.96. The van der Waals surface area contributed by atoms with E-state index in [2.05, 4.69) is 15.9 Å². The van der Waals surface area contributed by atoms with Crippen molar-refractivity contribution in [2.45, 2.75) is 12.5 Å². The number of ether oxygens (including phenoxy) is 1. The second-order valence-corrected chi connectivity index (χ2v) is 5.65. The quantitative estimate of drug-likeness (QED) is 0.869. The molecule has 2 aromatic rings. The van der Waals surface area contributed by atoms with E-state index in [-0.39, 0.29) is 5.82 Å². The number of benzene rings is 2. The van der Waals surface area contributed by atoms with Crippen molar-refractivity contribution < 1.29 is 14.2 Å². The summed E-state index contributed by atoms with van der Waals surface area (Å²) in [7, 11) is 1.53. The standard InChI is InChI=1S/C15H13BrClFO2/c1-20-15-12(7-10(17)8-13(15)16)14(19)6-9-2-4-11(18)5-3-9/h2-5,7-8,14,19H,6H2,1H3. The minimum absolute atomic E-state index is 0.300. The van der Waals surface area contributed by atoms with Crippen LogP contribution in [0.25, 0.3) is 0 Å². The average Bonchev–Trinajstić information content (AvgIpc) is 2.40. The molecule has 0 saturated carbocycles. The van der Waals surface area contributed by atoms with Crippen molar-refractivity contribution in [3.05, 3.63) is 62.8 Å². The van der Waals surface area contributed by atoms with Gasteiger partial charge in [-0.05, 0) is 45.8 Å². The fraction of sp³-hybridized carbons (Fsp3) is 0.200. The third-order valence-electron chi connectivity index (χ3n) is 2.94. The fourth-order valence-electron chi connectivity index (χ4n) is 2.00. The van der Waals surface area contributed by atoms with Gasteiger partial charge < -0.3 is 9.84 Å². The van der Waals surface area contributed by atoms with E-state index in [4.69, 9.17) is 16.3 Å². The molecule has 0 aliphatic heterocycles. The molecule has 1 atom stereocenters. The average molecular weight is 360 g/mol. The molecule has 5 heteroatoms. The summed E-state index contributed by atoms with van der Waals surface area (Å²) in [5.41, 5.74) is 1.42. The fourth-order valence-corrected chi connectivity index (χ4v) is 2.99. The first kappa shape index (κ1) is 15.3. The van der Waals surface area contributed by atoms with Gasteiger partial charge >= 0.3 is 0 Å². The summed E-state index contributed by atoms with van der Waals surface area (Å²) < 4.78 is 18.8. The molecule has 2 aromatic carbocycles. The molecule has 106 valence electrons. The van der Waals surface area contributed by atoms with Gasteiger partial charge in [0.1, 0.15) is 11.6 Å². The Morgan fingerprint density at radius 2 is 1.95 bits per heavy atom. The number of aliphatic hydroxyl groups excluding tert-OH is 1. The van der Waals surface area contributed by atoms with Crippen LogP contribution in [-0.4, -0.2) is 12.2 Å². The summed E-state index contributed by atoms with van der Waals surface area (Å²) >= 11 is 9.35. The van der Waals surface area contributed by atoms with E-state index in [1.165, 1.54) is 19.2 Å². The van der Waals surface area contributed by atoms with Crippen LogP contribution >= 0.6 is 27.5 Å². The maximum atomic E-state index is 12.9. The minimum atomic E-state index is -0.787. The van der Waals surface area contributed by atoms with Crippen LogP contribution in [0.5, 0.6) is 5.75 Å². The van der Waals surface area contributed by atoms with Crippen molar-refractivity contribution >= 4 is 27.5 Å². The molecule has 1 N–H and O–H groups in total. The predicted molar refractivity (Wildman–Crippen MR) is 80.8 cm³/mol. The van der Waals surface area contributed by atoms with Gasteiger partial charge in [-0.3, -0.25) is 0 Å². The Morgan fingerprint density at radius 1 is 1.30 bits per heavy atom. The van der Waals surface area contributed by atoms with Gasteiger partial charge in [0, 0.05) is 17.0 Å². The summed E-state index contributed by atoms with van der Waals surface area (Å²) in [5, 5.41) is 10.9. The van der Waals surface area contributed by atoms with E-state index in [0.29, 0.717) is 27.2 Å². The zero-order chi connectivity index (χ0) is 14.7. The topological polar surface area (TPSA) is 29.5 Å². The Labute approximate surface area is 130 Å². The highest BCUT2D eigenvalue weighted by Crippen LogP contribution is 2.37. The van der Waals surface area contributed by atoms with Crippen LogP contribution in [0.1, 0.15) is 17.2 Å². The van der Waals surface area contributed by atoms with E-state index in [1.54, 1.807) is 24.3 Å². The van der Waals surface area contributed by atoms with Gasteiger partial charge in [0.15, 0.2) is 0 Å². The molecule has 0 aliphatic carbocycles. The van der Waals surface area contributed by atoms with Gasteiger partial charge in [-0.2, -0.15) is 0 Å². The molecule has 20 heavy (non-hydrogen) atoms. The number of halogens is 3. The molecule has 1 unspecified atom stereocenters. The highest BCUT2D eigenvalue weighted by molar-refractivity contribution is 9.10. The van der Waals surface area contributed by atoms with Gasteiger partial charge in [0.2, 0.25) is 0 Å². The Bertz CT molecular complexity index is 602. The predicted octanol–water partition coefficient (Wildman–Crippen LogP) is 4.53. The summed E-state index contributed by atoms with van der Waals surface area (Å²) in [6, 6.07) is 9.39.